The quantitative estimate of drug-likeness (QED) is 0.707. The van der Waals surface area contributed by atoms with Gasteiger partial charge in [0.25, 0.3) is 0 Å². The summed E-state index contributed by atoms with van der Waals surface area (Å²) in [6.45, 7) is 1.58. The first-order chi connectivity index (χ1) is 6.24. The minimum atomic E-state index is -0.0984. The lowest BCUT2D eigenvalue weighted by molar-refractivity contribution is -0.119. The molecule has 0 aliphatic heterocycles. The predicted octanol–water partition coefficient (Wildman–Crippen LogP) is 2.35. The number of ether oxygens (including phenoxy) is 1. The number of carbonyl (C=O) groups excluding carboxylic acids is 1. The van der Waals surface area contributed by atoms with Crippen LogP contribution in [0.2, 0.25) is 0 Å². The molecule has 0 spiro atoms. The van der Waals surface area contributed by atoms with Crippen LogP contribution in [0, 0.1) is 0 Å². The highest BCUT2D eigenvalue weighted by atomic mass is 16.5. The molecular weight excluding hydrogens is 164 g/mol. The average Bonchev–Trinajstić information content (AvgIpc) is 2.15. The van der Waals surface area contributed by atoms with E-state index in [9.17, 15) is 4.79 Å². The van der Waals surface area contributed by atoms with Crippen molar-refractivity contribution in [3.63, 3.8) is 0 Å². The number of ketones is 1. The Kier molecular flexibility index (Phi) is 3.65. The van der Waals surface area contributed by atoms with E-state index in [1.165, 1.54) is 0 Å². The molecule has 2 nitrogen and oxygen atoms in total. The van der Waals surface area contributed by atoms with Crippen molar-refractivity contribution in [3.8, 4) is 0 Å². The first-order valence-corrected chi connectivity index (χ1v) is 4.31. The first kappa shape index (κ1) is 9.93. The second-order valence-electron chi connectivity index (χ2n) is 3.04. The van der Waals surface area contributed by atoms with Crippen molar-refractivity contribution < 1.29 is 9.53 Å². The van der Waals surface area contributed by atoms with Gasteiger partial charge >= 0.3 is 0 Å². The fourth-order valence-corrected chi connectivity index (χ4v) is 1.27. The molecule has 1 unspecified atom stereocenters. The second-order valence-corrected chi connectivity index (χ2v) is 3.04. The zero-order valence-electron chi connectivity index (χ0n) is 7.99. The highest BCUT2D eigenvalue weighted by Gasteiger charge is 2.11. The summed E-state index contributed by atoms with van der Waals surface area (Å²) in [4.78, 5) is 10.9. The van der Waals surface area contributed by atoms with Crippen molar-refractivity contribution in [2.24, 2.45) is 0 Å². The monoisotopic (exact) mass is 178 g/mol. The van der Waals surface area contributed by atoms with Crippen molar-refractivity contribution in [3.05, 3.63) is 35.9 Å². The molecule has 0 bridgehead atoms. The number of Topliss-reactive ketones (excluding diaryl/α,β-unsaturated/α-hetero) is 1. The molecular formula is C11H14O2. The standard InChI is InChI=1S/C11H14O2/c1-9(12)8-11(13-2)10-6-4-3-5-7-10/h3-7,11H,8H2,1-2H3. The molecule has 0 heterocycles. The first-order valence-electron chi connectivity index (χ1n) is 4.31. The van der Waals surface area contributed by atoms with Crippen LogP contribution in [-0.4, -0.2) is 12.9 Å². The Morgan fingerprint density at radius 3 is 2.46 bits per heavy atom. The van der Waals surface area contributed by atoms with Gasteiger partial charge in [-0.15, -0.1) is 0 Å². The molecule has 2 heteroatoms. The Hall–Kier alpha value is -1.15. The van der Waals surface area contributed by atoms with E-state index >= 15 is 0 Å². The maximum Gasteiger partial charge on any atom is 0.132 e. The molecule has 0 aliphatic rings. The van der Waals surface area contributed by atoms with E-state index < -0.39 is 0 Å². The van der Waals surface area contributed by atoms with Crippen LogP contribution in [0.3, 0.4) is 0 Å². The molecule has 0 N–H and O–H groups in total. The van der Waals surface area contributed by atoms with Gasteiger partial charge < -0.3 is 4.74 Å². The Labute approximate surface area is 78.5 Å². The molecule has 0 saturated heterocycles. The van der Waals surface area contributed by atoms with E-state index in [1.807, 2.05) is 30.3 Å². The Bertz CT molecular complexity index is 267. The number of rotatable bonds is 4. The fraction of sp³-hybridized carbons (Fsp3) is 0.364. The summed E-state index contributed by atoms with van der Waals surface area (Å²) in [5, 5.41) is 0. The van der Waals surface area contributed by atoms with Crippen LogP contribution in [0.25, 0.3) is 0 Å². The van der Waals surface area contributed by atoms with Crippen molar-refractivity contribution in [1.82, 2.24) is 0 Å². The largest absolute Gasteiger partial charge is 0.376 e. The Morgan fingerprint density at radius 2 is 2.00 bits per heavy atom. The average molecular weight is 178 g/mol. The molecule has 0 aromatic heterocycles. The lowest BCUT2D eigenvalue weighted by atomic mass is 10.1. The maximum atomic E-state index is 10.9. The van der Waals surface area contributed by atoms with E-state index in [1.54, 1.807) is 14.0 Å². The van der Waals surface area contributed by atoms with Crippen LogP contribution in [0.15, 0.2) is 30.3 Å². The van der Waals surface area contributed by atoms with Gasteiger partial charge in [0.15, 0.2) is 0 Å². The summed E-state index contributed by atoms with van der Waals surface area (Å²) in [5.74, 6) is 0.149. The van der Waals surface area contributed by atoms with Crippen LogP contribution in [0.1, 0.15) is 25.0 Å². The summed E-state index contributed by atoms with van der Waals surface area (Å²) >= 11 is 0. The maximum absolute atomic E-state index is 10.9. The van der Waals surface area contributed by atoms with Gasteiger partial charge in [-0.3, -0.25) is 4.79 Å². The number of carbonyl (C=O) groups is 1. The topological polar surface area (TPSA) is 26.3 Å². The zero-order chi connectivity index (χ0) is 9.68. The van der Waals surface area contributed by atoms with Crippen LogP contribution in [-0.2, 0) is 9.53 Å². The predicted molar refractivity (Wildman–Crippen MR) is 51.5 cm³/mol. The van der Waals surface area contributed by atoms with E-state index in [-0.39, 0.29) is 11.9 Å². The number of hydrogen-bond acceptors (Lipinski definition) is 2. The van der Waals surface area contributed by atoms with Gasteiger partial charge in [-0.2, -0.15) is 0 Å². The summed E-state index contributed by atoms with van der Waals surface area (Å²) in [6.07, 6.45) is 0.347. The molecule has 0 amide bonds. The normalized spacial score (nSPS) is 12.5. The van der Waals surface area contributed by atoms with Gasteiger partial charge in [0.1, 0.15) is 5.78 Å². The zero-order valence-corrected chi connectivity index (χ0v) is 7.99. The second kappa shape index (κ2) is 4.77. The summed E-state index contributed by atoms with van der Waals surface area (Å²) < 4.78 is 5.23. The molecule has 1 atom stereocenters. The van der Waals surface area contributed by atoms with Crippen molar-refractivity contribution in [2.45, 2.75) is 19.4 Å². The highest BCUT2D eigenvalue weighted by molar-refractivity contribution is 5.76. The molecule has 70 valence electrons. The third kappa shape index (κ3) is 2.99. The number of benzene rings is 1. The van der Waals surface area contributed by atoms with E-state index in [0.717, 1.165) is 5.56 Å². The lowest BCUT2D eigenvalue weighted by Crippen LogP contribution is -2.05. The Morgan fingerprint density at radius 1 is 1.38 bits per heavy atom. The smallest absolute Gasteiger partial charge is 0.132 e. The van der Waals surface area contributed by atoms with Gasteiger partial charge in [-0.05, 0) is 12.5 Å². The molecule has 13 heavy (non-hydrogen) atoms. The molecule has 0 aliphatic carbocycles. The lowest BCUT2D eigenvalue weighted by Gasteiger charge is -2.13. The van der Waals surface area contributed by atoms with Crippen LogP contribution < -0.4 is 0 Å². The van der Waals surface area contributed by atoms with Crippen LogP contribution >= 0.6 is 0 Å². The Balaban J connectivity index is 2.73. The van der Waals surface area contributed by atoms with Gasteiger partial charge in [0.2, 0.25) is 0 Å². The van der Waals surface area contributed by atoms with Crippen molar-refractivity contribution in [2.75, 3.05) is 7.11 Å². The molecule has 1 rings (SSSR count). The van der Waals surface area contributed by atoms with Crippen molar-refractivity contribution in [1.29, 1.82) is 0 Å². The molecule has 1 aromatic carbocycles. The van der Waals surface area contributed by atoms with E-state index in [0.29, 0.717) is 6.42 Å². The highest BCUT2D eigenvalue weighted by Crippen LogP contribution is 2.19. The van der Waals surface area contributed by atoms with Crippen molar-refractivity contribution >= 4 is 5.78 Å². The van der Waals surface area contributed by atoms with Gasteiger partial charge in [0, 0.05) is 13.5 Å². The fourth-order valence-electron chi connectivity index (χ4n) is 1.27. The minimum absolute atomic E-state index is 0.0984. The third-order valence-corrected chi connectivity index (χ3v) is 1.93. The molecule has 0 fully saturated rings. The van der Waals surface area contributed by atoms with Crippen LogP contribution in [0.5, 0.6) is 0 Å². The van der Waals surface area contributed by atoms with Gasteiger partial charge in [-0.1, -0.05) is 30.3 Å². The van der Waals surface area contributed by atoms with Gasteiger partial charge in [0.05, 0.1) is 6.10 Å². The molecule has 0 radical (unpaired) electrons. The molecule has 0 saturated carbocycles. The SMILES string of the molecule is COC(CC(C)=O)c1ccccc1. The van der Waals surface area contributed by atoms with E-state index in [2.05, 4.69) is 0 Å². The summed E-state index contributed by atoms with van der Waals surface area (Å²) in [7, 11) is 1.63. The third-order valence-electron chi connectivity index (χ3n) is 1.93. The summed E-state index contributed by atoms with van der Waals surface area (Å²) in [6, 6.07) is 9.78. The van der Waals surface area contributed by atoms with Crippen LogP contribution in [0.4, 0.5) is 0 Å². The molecule has 1 aromatic rings. The van der Waals surface area contributed by atoms with E-state index in [4.69, 9.17) is 4.74 Å². The number of hydrogen-bond donors (Lipinski definition) is 0. The minimum Gasteiger partial charge on any atom is -0.376 e. The summed E-state index contributed by atoms with van der Waals surface area (Å²) in [5.41, 5.74) is 1.06. The van der Waals surface area contributed by atoms with Gasteiger partial charge in [-0.25, -0.2) is 0 Å². The number of methoxy groups -OCH3 is 1.